The molecule has 4 nitrogen and oxygen atoms in total. The number of halogens is 1. The number of likely N-dealkylation sites (tertiary alicyclic amines) is 1. The normalized spacial score (nSPS) is 26.8. The van der Waals surface area contributed by atoms with Gasteiger partial charge in [-0.25, -0.2) is 4.39 Å². The number of benzene rings is 1. The summed E-state index contributed by atoms with van der Waals surface area (Å²) in [5.41, 5.74) is 0.905. The van der Waals surface area contributed by atoms with Gasteiger partial charge in [-0.3, -0.25) is 9.59 Å². The van der Waals surface area contributed by atoms with Crippen LogP contribution in [0.1, 0.15) is 43.6 Å². The number of carboxylic acid groups (broad SMARTS) is 1. The van der Waals surface area contributed by atoms with Gasteiger partial charge in [-0.1, -0.05) is 12.1 Å². The van der Waals surface area contributed by atoms with Crippen molar-refractivity contribution in [2.75, 3.05) is 13.1 Å². The maximum absolute atomic E-state index is 13.3. The summed E-state index contributed by atoms with van der Waals surface area (Å²) in [7, 11) is 0. The molecule has 1 aromatic carbocycles. The quantitative estimate of drug-likeness (QED) is 0.907. The third-order valence-corrected chi connectivity index (χ3v) is 4.98. The summed E-state index contributed by atoms with van der Waals surface area (Å²) >= 11 is 0. The van der Waals surface area contributed by atoms with Crippen molar-refractivity contribution >= 4 is 11.9 Å². The first-order valence-electron chi connectivity index (χ1n) is 8.30. The van der Waals surface area contributed by atoms with Crippen LogP contribution in [0.3, 0.4) is 0 Å². The number of carbonyl (C=O) groups excluding carboxylic acids is 1. The molecule has 1 saturated carbocycles. The van der Waals surface area contributed by atoms with Gasteiger partial charge in [0.05, 0.1) is 0 Å². The molecular weight excluding hydrogens is 297 g/mol. The van der Waals surface area contributed by atoms with Crippen LogP contribution in [0, 0.1) is 17.7 Å². The Morgan fingerprint density at radius 2 is 2.17 bits per heavy atom. The number of nitrogens with zero attached hydrogens (tertiary/aromatic N) is 1. The summed E-state index contributed by atoms with van der Waals surface area (Å²) in [6, 6.07) is 6.50. The lowest BCUT2D eigenvalue weighted by Crippen LogP contribution is -2.41. The van der Waals surface area contributed by atoms with Gasteiger partial charge in [-0.05, 0) is 55.2 Å². The topological polar surface area (TPSA) is 57.6 Å². The van der Waals surface area contributed by atoms with Crippen molar-refractivity contribution in [2.24, 2.45) is 11.8 Å². The second-order valence-corrected chi connectivity index (χ2v) is 6.73. The van der Waals surface area contributed by atoms with E-state index in [4.69, 9.17) is 5.11 Å². The first-order valence-corrected chi connectivity index (χ1v) is 8.30. The molecule has 1 aliphatic heterocycles. The second kappa shape index (κ2) is 6.69. The van der Waals surface area contributed by atoms with Crippen LogP contribution in [0.25, 0.3) is 0 Å². The predicted molar refractivity (Wildman–Crippen MR) is 83.4 cm³/mol. The van der Waals surface area contributed by atoms with E-state index >= 15 is 0 Å². The Bertz CT molecular complexity index is 604. The highest BCUT2D eigenvalue weighted by Gasteiger charge is 2.46. The number of hydrogen-bond donors (Lipinski definition) is 1. The van der Waals surface area contributed by atoms with Crippen LogP contribution in [0.2, 0.25) is 0 Å². The zero-order chi connectivity index (χ0) is 16.4. The van der Waals surface area contributed by atoms with Crippen molar-refractivity contribution < 1.29 is 19.1 Å². The summed E-state index contributed by atoms with van der Waals surface area (Å²) in [6.45, 7) is 1.42. The Morgan fingerprint density at radius 1 is 1.35 bits per heavy atom. The fourth-order valence-corrected chi connectivity index (χ4v) is 3.64. The number of piperidine rings is 1. The summed E-state index contributed by atoms with van der Waals surface area (Å²) in [5.74, 6) is -0.490. The van der Waals surface area contributed by atoms with E-state index in [0.717, 1.165) is 31.4 Å². The molecule has 1 heterocycles. The largest absolute Gasteiger partial charge is 0.481 e. The molecule has 3 rings (SSSR count). The molecule has 2 fully saturated rings. The molecule has 1 amide bonds. The Balaban J connectivity index is 1.55. The second-order valence-electron chi connectivity index (χ2n) is 6.73. The van der Waals surface area contributed by atoms with Gasteiger partial charge in [-0.15, -0.1) is 0 Å². The van der Waals surface area contributed by atoms with Gasteiger partial charge in [0.2, 0.25) is 5.91 Å². The number of carboxylic acids is 1. The van der Waals surface area contributed by atoms with Crippen LogP contribution in [-0.2, 0) is 9.59 Å². The molecule has 3 atom stereocenters. The van der Waals surface area contributed by atoms with Gasteiger partial charge in [0, 0.05) is 25.4 Å². The monoisotopic (exact) mass is 319 g/mol. The Morgan fingerprint density at radius 3 is 2.91 bits per heavy atom. The molecule has 0 spiro atoms. The van der Waals surface area contributed by atoms with Crippen LogP contribution in [0.4, 0.5) is 4.39 Å². The van der Waals surface area contributed by atoms with Gasteiger partial charge in [0.1, 0.15) is 5.82 Å². The minimum Gasteiger partial charge on any atom is -0.481 e. The average molecular weight is 319 g/mol. The molecule has 2 aliphatic rings. The van der Waals surface area contributed by atoms with Gasteiger partial charge < -0.3 is 10.0 Å². The molecular formula is C18H22FNO3. The lowest BCUT2D eigenvalue weighted by atomic mass is 9.93. The predicted octanol–water partition coefficient (Wildman–Crippen LogP) is 3.03. The molecule has 124 valence electrons. The first kappa shape index (κ1) is 16.0. The highest BCUT2D eigenvalue weighted by atomic mass is 19.1. The smallest absolute Gasteiger partial charge is 0.303 e. The maximum Gasteiger partial charge on any atom is 0.303 e. The van der Waals surface area contributed by atoms with Gasteiger partial charge >= 0.3 is 5.97 Å². The number of aliphatic carboxylic acids is 1. The summed E-state index contributed by atoms with van der Waals surface area (Å²) in [6.07, 6.45) is 3.53. The van der Waals surface area contributed by atoms with Gasteiger partial charge in [0.25, 0.3) is 0 Å². The van der Waals surface area contributed by atoms with Crippen LogP contribution in [-0.4, -0.2) is 35.0 Å². The first-order chi connectivity index (χ1) is 11.0. The fraction of sp³-hybridized carbons (Fsp3) is 0.556. The van der Waals surface area contributed by atoms with Crippen LogP contribution in [0.5, 0.6) is 0 Å². The highest BCUT2D eigenvalue weighted by molar-refractivity contribution is 5.83. The Hall–Kier alpha value is -1.91. The summed E-state index contributed by atoms with van der Waals surface area (Å²) in [5, 5.41) is 8.79. The van der Waals surface area contributed by atoms with Gasteiger partial charge in [-0.2, -0.15) is 0 Å². The van der Waals surface area contributed by atoms with E-state index in [2.05, 4.69) is 0 Å². The third kappa shape index (κ3) is 3.89. The molecule has 0 radical (unpaired) electrons. The zero-order valence-corrected chi connectivity index (χ0v) is 13.1. The van der Waals surface area contributed by atoms with Crippen molar-refractivity contribution in [3.05, 3.63) is 35.6 Å². The van der Waals surface area contributed by atoms with E-state index in [0.29, 0.717) is 13.0 Å². The standard InChI is InChI=1S/C18H22FNO3/c19-14-5-1-4-13(9-14)15-10-16(15)18(23)20-8-2-3-12(11-20)6-7-17(21)22/h1,4-5,9,12,15-16H,2-3,6-8,10-11H2,(H,21,22). The molecule has 0 aromatic heterocycles. The maximum atomic E-state index is 13.3. The molecule has 23 heavy (non-hydrogen) atoms. The van der Waals surface area contributed by atoms with E-state index in [-0.39, 0.29) is 35.9 Å². The number of carbonyl (C=O) groups is 2. The molecule has 5 heteroatoms. The number of hydrogen-bond acceptors (Lipinski definition) is 2. The summed E-state index contributed by atoms with van der Waals surface area (Å²) in [4.78, 5) is 25.2. The summed E-state index contributed by atoms with van der Waals surface area (Å²) < 4.78 is 13.3. The van der Waals surface area contributed by atoms with Crippen molar-refractivity contribution in [3.8, 4) is 0 Å². The molecule has 1 saturated heterocycles. The van der Waals surface area contributed by atoms with Crippen LogP contribution < -0.4 is 0 Å². The minimum atomic E-state index is -0.776. The van der Waals surface area contributed by atoms with Crippen molar-refractivity contribution in [2.45, 2.75) is 38.0 Å². The molecule has 1 aliphatic carbocycles. The average Bonchev–Trinajstić information content (AvgIpc) is 3.33. The van der Waals surface area contributed by atoms with Gasteiger partial charge in [0.15, 0.2) is 0 Å². The molecule has 1 N–H and O–H groups in total. The van der Waals surface area contributed by atoms with Crippen molar-refractivity contribution in [1.29, 1.82) is 0 Å². The third-order valence-electron chi connectivity index (χ3n) is 4.98. The number of rotatable bonds is 5. The van der Waals surface area contributed by atoms with E-state index in [1.807, 2.05) is 11.0 Å². The van der Waals surface area contributed by atoms with Crippen LogP contribution in [0.15, 0.2) is 24.3 Å². The Labute approximate surface area is 135 Å². The molecule has 3 unspecified atom stereocenters. The van der Waals surface area contributed by atoms with E-state index in [9.17, 15) is 14.0 Å². The zero-order valence-electron chi connectivity index (χ0n) is 13.1. The lowest BCUT2D eigenvalue weighted by molar-refractivity contribution is -0.137. The minimum absolute atomic E-state index is 0.0324. The molecule has 1 aromatic rings. The van der Waals surface area contributed by atoms with Crippen molar-refractivity contribution in [1.82, 2.24) is 4.90 Å². The van der Waals surface area contributed by atoms with Crippen LogP contribution >= 0.6 is 0 Å². The number of amides is 1. The highest BCUT2D eigenvalue weighted by Crippen LogP contribution is 2.48. The van der Waals surface area contributed by atoms with E-state index in [1.54, 1.807) is 6.07 Å². The van der Waals surface area contributed by atoms with Crippen molar-refractivity contribution in [3.63, 3.8) is 0 Å². The molecule has 0 bridgehead atoms. The fourth-order valence-electron chi connectivity index (χ4n) is 3.64. The Kier molecular flexibility index (Phi) is 4.64. The van der Waals surface area contributed by atoms with E-state index < -0.39 is 5.97 Å². The lowest BCUT2D eigenvalue weighted by Gasteiger charge is -2.33. The van der Waals surface area contributed by atoms with E-state index in [1.165, 1.54) is 12.1 Å². The SMILES string of the molecule is O=C(O)CCC1CCCN(C(=O)C2CC2c2cccc(F)c2)C1.